The lowest BCUT2D eigenvalue weighted by Crippen LogP contribution is -2.34. The monoisotopic (exact) mass is 438 g/mol. The smallest absolute Gasteiger partial charge is 0.246 e. The fraction of sp³-hybridized carbons (Fsp3) is 0.423. The normalized spacial score (nSPS) is 14.3. The maximum atomic E-state index is 12.8. The lowest BCUT2D eigenvalue weighted by molar-refractivity contribution is -0.125. The van der Waals surface area contributed by atoms with Crippen LogP contribution in [0.4, 0.5) is 5.69 Å². The zero-order valence-corrected chi connectivity index (χ0v) is 19.4. The Morgan fingerprint density at radius 2 is 1.78 bits per heavy atom. The third-order valence-corrected chi connectivity index (χ3v) is 5.61. The predicted molar refractivity (Wildman–Crippen MR) is 129 cm³/mol. The third kappa shape index (κ3) is 6.42. The van der Waals surface area contributed by atoms with Gasteiger partial charge >= 0.3 is 0 Å². The van der Waals surface area contributed by atoms with E-state index in [2.05, 4.69) is 24.0 Å². The van der Waals surface area contributed by atoms with Crippen molar-refractivity contribution in [1.82, 2.24) is 4.90 Å². The highest BCUT2D eigenvalue weighted by molar-refractivity contribution is 5.92. The molecule has 6 heteroatoms. The highest BCUT2D eigenvalue weighted by Gasteiger charge is 2.18. The Labute approximate surface area is 191 Å². The third-order valence-electron chi connectivity index (χ3n) is 5.61. The molecule has 2 aromatic carbocycles. The maximum absolute atomic E-state index is 12.8. The lowest BCUT2D eigenvalue weighted by Gasteiger charge is -2.23. The van der Waals surface area contributed by atoms with Gasteiger partial charge in [0.05, 0.1) is 20.8 Å². The van der Waals surface area contributed by atoms with E-state index in [4.69, 9.17) is 14.2 Å². The van der Waals surface area contributed by atoms with E-state index in [0.717, 1.165) is 61.6 Å². The molecule has 32 heavy (non-hydrogen) atoms. The van der Waals surface area contributed by atoms with Crippen molar-refractivity contribution in [2.45, 2.75) is 26.2 Å². The second-order valence-corrected chi connectivity index (χ2v) is 7.81. The van der Waals surface area contributed by atoms with Gasteiger partial charge in [-0.1, -0.05) is 19.4 Å². The van der Waals surface area contributed by atoms with Crippen molar-refractivity contribution in [3.05, 3.63) is 54.1 Å². The van der Waals surface area contributed by atoms with E-state index >= 15 is 0 Å². The summed E-state index contributed by atoms with van der Waals surface area (Å²) in [5.41, 5.74) is 2.07. The summed E-state index contributed by atoms with van der Waals surface area (Å²) in [6, 6.07) is 13.8. The molecule has 0 aliphatic carbocycles. The first-order valence-electron chi connectivity index (χ1n) is 11.3. The number of carbonyl (C=O) groups is 1. The average molecular weight is 439 g/mol. The van der Waals surface area contributed by atoms with Crippen LogP contribution in [0.2, 0.25) is 0 Å². The summed E-state index contributed by atoms with van der Waals surface area (Å²) in [7, 11) is 3.30. The number of unbranched alkanes of at least 4 members (excludes halogenated alkanes) is 1. The van der Waals surface area contributed by atoms with Gasteiger partial charge in [-0.3, -0.25) is 4.79 Å². The second-order valence-electron chi connectivity index (χ2n) is 7.81. The number of nitrogens with zero attached hydrogens (tertiary/aromatic N) is 2. The molecule has 0 unspecified atom stereocenters. The van der Waals surface area contributed by atoms with Gasteiger partial charge < -0.3 is 24.0 Å². The SMILES string of the molecule is CCCCOc1ccc(/C=C/C(=O)N2CCCN(c3ccc(OC)cc3)CC2)cc1OC. The van der Waals surface area contributed by atoms with E-state index in [1.807, 2.05) is 41.3 Å². The summed E-state index contributed by atoms with van der Waals surface area (Å²) < 4.78 is 16.5. The van der Waals surface area contributed by atoms with Gasteiger partial charge in [0.2, 0.25) is 5.91 Å². The molecule has 1 fully saturated rings. The molecule has 1 aliphatic heterocycles. The molecule has 0 atom stereocenters. The molecule has 0 saturated carbocycles. The molecule has 0 N–H and O–H groups in total. The number of ether oxygens (including phenoxy) is 3. The molecule has 2 aromatic rings. The predicted octanol–water partition coefficient (Wildman–Crippen LogP) is 4.63. The molecule has 0 bridgehead atoms. The average Bonchev–Trinajstić information content (AvgIpc) is 3.09. The molecule has 1 aliphatic rings. The van der Waals surface area contributed by atoms with E-state index in [1.54, 1.807) is 20.3 Å². The first kappa shape index (κ1) is 23.5. The lowest BCUT2D eigenvalue weighted by atomic mass is 10.2. The summed E-state index contributed by atoms with van der Waals surface area (Å²) in [6.07, 6.45) is 6.51. The zero-order chi connectivity index (χ0) is 22.8. The van der Waals surface area contributed by atoms with Crippen molar-refractivity contribution >= 4 is 17.7 Å². The number of hydrogen-bond donors (Lipinski definition) is 0. The quantitative estimate of drug-likeness (QED) is 0.422. The molecule has 0 radical (unpaired) electrons. The number of carbonyl (C=O) groups excluding carboxylic acids is 1. The minimum Gasteiger partial charge on any atom is -0.497 e. The highest BCUT2D eigenvalue weighted by Crippen LogP contribution is 2.29. The maximum Gasteiger partial charge on any atom is 0.246 e. The molecular formula is C26H34N2O4. The van der Waals surface area contributed by atoms with Crippen LogP contribution in [0.15, 0.2) is 48.5 Å². The molecule has 1 heterocycles. The Kier molecular flexibility index (Phi) is 8.84. The summed E-state index contributed by atoms with van der Waals surface area (Å²) in [5, 5.41) is 0. The largest absolute Gasteiger partial charge is 0.497 e. The van der Waals surface area contributed by atoms with Gasteiger partial charge in [-0.15, -0.1) is 0 Å². The van der Waals surface area contributed by atoms with Crippen LogP contribution in [0, 0.1) is 0 Å². The molecule has 0 spiro atoms. The molecule has 6 nitrogen and oxygen atoms in total. The molecular weight excluding hydrogens is 404 g/mol. The summed E-state index contributed by atoms with van der Waals surface area (Å²) >= 11 is 0. The van der Waals surface area contributed by atoms with Gasteiger partial charge in [0.1, 0.15) is 5.75 Å². The van der Waals surface area contributed by atoms with Crippen LogP contribution in [0.3, 0.4) is 0 Å². The van der Waals surface area contributed by atoms with Crippen molar-refractivity contribution in [2.75, 3.05) is 51.9 Å². The van der Waals surface area contributed by atoms with Crippen molar-refractivity contribution in [2.24, 2.45) is 0 Å². The van der Waals surface area contributed by atoms with Crippen molar-refractivity contribution in [3.63, 3.8) is 0 Å². The molecule has 1 saturated heterocycles. The van der Waals surface area contributed by atoms with E-state index < -0.39 is 0 Å². The van der Waals surface area contributed by atoms with Gasteiger partial charge in [0.15, 0.2) is 11.5 Å². The Hall–Kier alpha value is -3.15. The van der Waals surface area contributed by atoms with Crippen LogP contribution < -0.4 is 19.1 Å². The standard InChI is InChI=1S/C26H34N2O4/c1-4-5-19-32-24-13-7-21(20-25(24)31-3)8-14-26(29)28-16-6-15-27(17-18-28)22-9-11-23(30-2)12-10-22/h7-14,20H,4-6,15-19H2,1-3H3/b14-8+. The molecule has 1 amide bonds. The number of rotatable bonds is 9. The minimum atomic E-state index is 0.0313. The molecule has 3 rings (SSSR count). The van der Waals surface area contributed by atoms with E-state index in [-0.39, 0.29) is 5.91 Å². The Morgan fingerprint density at radius 3 is 2.50 bits per heavy atom. The van der Waals surface area contributed by atoms with Crippen LogP contribution in [-0.4, -0.2) is 57.8 Å². The molecule has 0 aromatic heterocycles. The topological polar surface area (TPSA) is 51.2 Å². The minimum absolute atomic E-state index is 0.0313. The number of benzene rings is 2. The first-order valence-corrected chi connectivity index (χ1v) is 11.3. The summed E-state index contributed by atoms with van der Waals surface area (Å²) in [6.45, 7) is 5.99. The van der Waals surface area contributed by atoms with Gasteiger partial charge in [-0.2, -0.15) is 0 Å². The number of hydrogen-bond acceptors (Lipinski definition) is 5. The van der Waals surface area contributed by atoms with E-state index in [9.17, 15) is 4.79 Å². The first-order chi connectivity index (χ1) is 15.6. The van der Waals surface area contributed by atoms with Crippen LogP contribution in [0.5, 0.6) is 17.2 Å². The van der Waals surface area contributed by atoms with Crippen LogP contribution in [0.1, 0.15) is 31.7 Å². The number of anilines is 1. The van der Waals surface area contributed by atoms with Gasteiger partial charge in [-0.05, 0) is 60.9 Å². The van der Waals surface area contributed by atoms with Crippen LogP contribution in [0.25, 0.3) is 6.08 Å². The highest BCUT2D eigenvalue weighted by atomic mass is 16.5. The van der Waals surface area contributed by atoms with Gasteiger partial charge in [0, 0.05) is 37.9 Å². The Bertz CT molecular complexity index is 895. The van der Waals surface area contributed by atoms with Crippen LogP contribution in [-0.2, 0) is 4.79 Å². The fourth-order valence-corrected chi connectivity index (χ4v) is 3.70. The number of methoxy groups -OCH3 is 2. The summed E-state index contributed by atoms with van der Waals surface area (Å²) in [5.74, 6) is 2.29. The molecule has 172 valence electrons. The summed E-state index contributed by atoms with van der Waals surface area (Å²) in [4.78, 5) is 17.0. The zero-order valence-electron chi connectivity index (χ0n) is 19.4. The van der Waals surface area contributed by atoms with Crippen LogP contribution >= 0.6 is 0 Å². The van der Waals surface area contributed by atoms with Crippen molar-refractivity contribution < 1.29 is 19.0 Å². The van der Waals surface area contributed by atoms with E-state index in [0.29, 0.717) is 18.9 Å². The van der Waals surface area contributed by atoms with Crippen molar-refractivity contribution in [3.8, 4) is 17.2 Å². The second kappa shape index (κ2) is 12.0. The fourth-order valence-electron chi connectivity index (χ4n) is 3.70. The van der Waals surface area contributed by atoms with Gasteiger partial charge in [-0.25, -0.2) is 0 Å². The van der Waals surface area contributed by atoms with Crippen molar-refractivity contribution in [1.29, 1.82) is 0 Å². The van der Waals surface area contributed by atoms with Gasteiger partial charge in [0.25, 0.3) is 0 Å². The number of amides is 1. The Balaban J connectivity index is 1.58. The van der Waals surface area contributed by atoms with E-state index in [1.165, 1.54) is 0 Å². The Morgan fingerprint density at radius 1 is 0.969 bits per heavy atom.